The first-order valence-corrected chi connectivity index (χ1v) is 45.6. The minimum Gasteiger partial charge on any atom is -0.309 e. The Morgan fingerprint density at radius 1 is 0.179 bits per heavy atom. The molecule has 0 unspecified atom stereocenters. The molecule has 134 heavy (non-hydrogen) atoms. The van der Waals surface area contributed by atoms with Crippen molar-refractivity contribution in [1.82, 2.24) is 68.9 Å². The van der Waals surface area contributed by atoms with E-state index in [1.165, 1.54) is 73.0 Å². The second kappa shape index (κ2) is 39.6. The Morgan fingerprint density at radius 3 is 0.813 bits per heavy atom. The van der Waals surface area contributed by atoms with Crippen molar-refractivity contribution >= 4 is 43.6 Å². The van der Waals surface area contributed by atoms with Crippen molar-refractivity contribution < 1.29 is 0 Å². The van der Waals surface area contributed by atoms with Crippen molar-refractivity contribution in [3.05, 3.63) is 448 Å². The third-order valence-corrected chi connectivity index (χ3v) is 23.9. The predicted molar refractivity (Wildman–Crippen MR) is 550 cm³/mol. The highest BCUT2D eigenvalue weighted by atomic mass is 15.1. The molecule has 0 bridgehead atoms. The monoisotopic (exact) mass is 1730 g/mol. The van der Waals surface area contributed by atoms with Crippen molar-refractivity contribution in [1.29, 1.82) is 0 Å². The number of hydrogen-bond acceptors (Lipinski definition) is 12. The van der Waals surface area contributed by atoms with E-state index in [9.17, 15) is 0 Å². The smallest absolute Gasteiger partial charge is 0.164 e. The van der Waals surface area contributed by atoms with Crippen LogP contribution in [0.25, 0.3) is 190 Å². The summed E-state index contributed by atoms with van der Waals surface area (Å²) in [5.74, 6) is 8.28. The van der Waals surface area contributed by atoms with E-state index in [0.29, 0.717) is 35.0 Å². The number of hydrogen-bond donors (Lipinski definition) is 0. The van der Waals surface area contributed by atoms with E-state index in [1.54, 1.807) is 0 Å². The minimum absolute atomic E-state index is 0.119. The number of aromatic nitrogens is 14. The summed E-state index contributed by atoms with van der Waals surface area (Å²) in [6.45, 7) is 17.1. The van der Waals surface area contributed by atoms with Gasteiger partial charge in [0.1, 0.15) is 30.1 Å². The van der Waals surface area contributed by atoms with Gasteiger partial charge in [0.05, 0.1) is 22.1 Å². The summed E-state index contributed by atoms with van der Waals surface area (Å²) >= 11 is 0. The summed E-state index contributed by atoms with van der Waals surface area (Å²) in [6, 6.07) is 144. The first-order valence-electron chi connectivity index (χ1n) is 45.6. The Kier molecular flexibility index (Phi) is 25.6. The zero-order valence-corrected chi connectivity index (χ0v) is 76.0. The highest BCUT2D eigenvalue weighted by Crippen LogP contribution is 2.41. The lowest BCUT2D eigenvalue weighted by Crippen LogP contribution is -2.05. The maximum absolute atomic E-state index is 5.22. The van der Waals surface area contributed by atoms with Crippen molar-refractivity contribution in [3.8, 4) is 147 Å². The third-order valence-electron chi connectivity index (χ3n) is 23.9. The number of rotatable bonds is 18. The lowest BCUT2D eigenvalue weighted by molar-refractivity contribution is 0.766. The van der Waals surface area contributed by atoms with Crippen molar-refractivity contribution in [3.63, 3.8) is 0 Å². The van der Waals surface area contributed by atoms with Gasteiger partial charge in [0.2, 0.25) is 0 Å². The third kappa shape index (κ3) is 19.1. The Bertz CT molecular complexity index is 7450. The normalized spacial score (nSPS) is 11.3. The van der Waals surface area contributed by atoms with E-state index in [-0.39, 0.29) is 17.8 Å². The van der Waals surface area contributed by atoms with Crippen molar-refractivity contribution in [2.75, 3.05) is 0 Å². The molecule has 22 aromatic rings. The molecule has 16 aromatic carbocycles. The molecule has 0 fully saturated rings. The van der Waals surface area contributed by atoms with Gasteiger partial charge in [-0.3, -0.25) is 0 Å². The molecule has 0 saturated carbocycles. The van der Waals surface area contributed by atoms with E-state index >= 15 is 0 Å². The van der Waals surface area contributed by atoms with Crippen LogP contribution in [0.5, 0.6) is 0 Å². The summed E-state index contributed by atoms with van der Waals surface area (Å²) in [6.07, 6.45) is 3.03. The minimum atomic E-state index is 0.119. The van der Waals surface area contributed by atoms with Crippen LogP contribution in [0.1, 0.15) is 102 Å². The van der Waals surface area contributed by atoms with Gasteiger partial charge in [-0.25, -0.2) is 59.8 Å². The van der Waals surface area contributed by atoms with Crippen LogP contribution < -0.4 is 0 Å². The fraction of sp³-hybridized carbons (Fsp3) is 0.100. The van der Waals surface area contributed by atoms with Crippen LogP contribution in [0, 0.1) is 0 Å². The van der Waals surface area contributed by atoms with Crippen LogP contribution >= 0.6 is 0 Å². The van der Waals surface area contributed by atoms with E-state index in [0.717, 1.165) is 124 Å². The molecule has 0 aliphatic carbocycles. The van der Waals surface area contributed by atoms with Crippen molar-refractivity contribution in [2.24, 2.45) is 0 Å². The molecule has 0 aliphatic heterocycles. The summed E-state index contributed by atoms with van der Waals surface area (Å²) in [4.78, 5) is 56.3. The maximum Gasteiger partial charge on any atom is 0.164 e. The zero-order chi connectivity index (χ0) is 91.4. The van der Waals surface area contributed by atoms with Gasteiger partial charge in [-0.2, -0.15) is 0 Å². The Balaban J connectivity index is 0.000000123. The molecule has 0 spiro atoms. The first-order chi connectivity index (χ1) is 65.7. The number of para-hydroxylation sites is 4. The number of benzene rings is 16. The van der Waals surface area contributed by atoms with E-state index in [2.05, 4.69) is 424 Å². The van der Waals surface area contributed by atoms with Gasteiger partial charge in [0.15, 0.2) is 40.8 Å². The fourth-order valence-corrected chi connectivity index (χ4v) is 16.8. The second-order valence-corrected chi connectivity index (χ2v) is 34.4. The highest BCUT2D eigenvalue weighted by Gasteiger charge is 2.23. The molecule has 0 aliphatic rings. The van der Waals surface area contributed by atoms with Crippen LogP contribution in [0.15, 0.2) is 425 Å². The highest BCUT2D eigenvalue weighted by molar-refractivity contribution is 6.10. The molecule has 0 amide bonds. The summed E-state index contributed by atoms with van der Waals surface area (Å²) < 4.78 is 4.65. The van der Waals surface area contributed by atoms with Gasteiger partial charge in [0, 0.05) is 89.6 Å². The molecule has 0 saturated heterocycles. The summed E-state index contributed by atoms with van der Waals surface area (Å²) in [5.41, 5.74) is 26.6. The molecule has 6 aromatic heterocycles. The molecule has 648 valence electrons. The molecule has 6 heterocycles. The molecular weight excluding hydrogens is 1640 g/mol. The van der Waals surface area contributed by atoms with E-state index in [1.807, 2.05) is 72.8 Å². The molecular formula is C120H98N14. The largest absolute Gasteiger partial charge is 0.309 e. The zero-order valence-electron chi connectivity index (χ0n) is 76.0. The fourth-order valence-electron chi connectivity index (χ4n) is 16.8. The Labute approximate surface area is 781 Å². The second-order valence-electron chi connectivity index (χ2n) is 34.4. The van der Waals surface area contributed by atoms with Gasteiger partial charge in [-0.05, 0) is 164 Å². The lowest BCUT2D eigenvalue weighted by Gasteiger charge is -2.16. The molecule has 0 radical (unpaired) electrons. The standard InChI is InChI=1S/C42H31N5.C42H33N3.C24H21N3.C12H13N3/c1-27(2)40-43-41(28-19-23-30(24-20-28)46-36-15-7-3-11-32(36)33-12-4-8-16-37(33)46)45-42(44-40)29-21-25-31(26-22-29)47-38-17-9-5-13-34(38)35-14-6-10-18-39(35)47;1-29(2)40-43-41(37-26-35(31-17-9-4-10-18-31)25-36(27-37)32-19-11-5-12-20-32)45-42(44-40)39-28-34(30-15-7-3-8-16-30)23-24-38(39)33-21-13-6-14-22-33;1-17(2)22-25-23(20-11-7-4-8-12-20)27-24(26-22)21-15-13-19(14-16-21)18-9-5-3-6-10-18;1-9(2)10-3-5-11(6-4-10)12-14-7-13-8-15-12/h3-27H,1-2H3;3-29H,1-2H3;3-17H,1-2H3;3-9H,1-2H3. The molecule has 0 N–H and O–H groups in total. The molecule has 22 rings (SSSR count). The van der Waals surface area contributed by atoms with Gasteiger partial charge >= 0.3 is 0 Å². The van der Waals surface area contributed by atoms with E-state index < -0.39 is 0 Å². The number of fused-ring (bicyclic) bond motifs is 6. The van der Waals surface area contributed by atoms with Crippen LogP contribution in [0.3, 0.4) is 0 Å². The van der Waals surface area contributed by atoms with Gasteiger partial charge in [0.25, 0.3) is 0 Å². The Hall–Kier alpha value is -16.8. The summed E-state index contributed by atoms with van der Waals surface area (Å²) in [7, 11) is 0. The summed E-state index contributed by atoms with van der Waals surface area (Å²) in [5, 5.41) is 5.00. The molecule has 0 atom stereocenters. The van der Waals surface area contributed by atoms with Crippen molar-refractivity contribution in [2.45, 2.75) is 79.1 Å². The topological polar surface area (TPSA) is 165 Å². The van der Waals surface area contributed by atoms with Crippen LogP contribution in [0.2, 0.25) is 0 Å². The van der Waals surface area contributed by atoms with E-state index in [4.69, 9.17) is 39.9 Å². The van der Waals surface area contributed by atoms with Gasteiger partial charge in [-0.15, -0.1) is 0 Å². The van der Waals surface area contributed by atoms with Gasteiger partial charge < -0.3 is 9.13 Å². The predicted octanol–water partition coefficient (Wildman–Crippen LogP) is 30.2. The van der Waals surface area contributed by atoms with Crippen LogP contribution in [-0.2, 0) is 0 Å². The first kappa shape index (κ1) is 86.5. The Morgan fingerprint density at radius 2 is 0.440 bits per heavy atom. The lowest BCUT2D eigenvalue weighted by atomic mass is 9.94. The van der Waals surface area contributed by atoms with Crippen LogP contribution in [-0.4, -0.2) is 68.9 Å². The number of nitrogens with zero attached hydrogens (tertiary/aromatic N) is 14. The van der Waals surface area contributed by atoms with Gasteiger partial charge in [-0.1, -0.05) is 371 Å². The van der Waals surface area contributed by atoms with Crippen LogP contribution in [0.4, 0.5) is 0 Å². The average molecular weight is 1740 g/mol. The SMILES string of the molecule is CC(C)c1ccc(-c2ncncn2)cc1.CC(C)c1nc(-c2cc(-c3ccccc3)cc(-c3ccccc3)c2)nc(-c2cc(-c3ccccc3)ccc2-c2ccccc2)n1.CC(C)c1nc(-c2ccc(-n3c4ccccc4c4ccccc43)cc2)nc(-c2ccc(-n3c4ccccc4c4ccccc43)cc2)n1.CC(C)c1nc(-c2ccccc2)nc(-c2ccc(-c3ccccc3)cc2)n1. The molecule has 14 nitrogen and oxygen atoms in total. The molecule has 14 heteroatoms. The average Bonchev–Trinajstić information content (AvgIpc) is 1.64. The quantitative estimate of drug-likeness (QED) is 0.0800. The maximum atomic E-state index is 5.22.